The molecule has 0 aromatic carbocycles. The molecule has 0 bridgehead atoms. The zero-order valence-corrected chi connectivity index (χ0v) is 8.07. The number of nitrogens with zero attached hydrogens (tertiary/aromatic N) is 1. The smallest absolute Gasteiger partial charge is 0.220 e. The number of rotatable bonds is 2. The summed E-state index contributed by atoms with van der Waals surface area (Å²) in [4.78, 5) is 16.4. The molecule has 4 heteroatoms. The molecule has 0 unspecified atom stereocenters. The molecule has 14 heavy (non-hydrogen) atoms. The fourth-order valence-corrected chi connectivity index (χ4v) is 1.92. The molecule has 1 fully saturated rings. The Morgan fingerprint density at radius 1 is 1.50 bits per heavy atom. The number of hydrogen-bond acceptors (Lipinski definition) is 2. The third-order valence-corrected chi connectivity index (χ3v) is 2.82. The van der Waals surface area contributed by atoms with Gasteiger partial charge in [0.15, 0.2) is 0 Å². The van der Waals surface area contributed by atoms with Crippen molar-refractivity contribution in [1.82, 2.24) is 4.98 Å². The van der Waals surface area contributed by atoms with Crippen molar-refractivity contribution in [3.05, 3.63) is 18.3 Å². The van der Waals surface area contributed by atoms with Crippen LogP contribution in [0.25, 0.3) is 0 Å². The highest BCUT2D eigenvalue weighted by Crippen LogP contribution is 2.21. The lowest BCUT2D eigenvalue weighted by Crippen LogP contribution is -2.38. The highest BCUT2D eigenvalue weighted by molar-refractivity contribution is 5.76. The van der Waals surface area contributed by atoms with Crippen LogP contribution in [0, 0.1) is 5.92 Å². The molecule has 4 nitrogen and oxygen atoms in total. The second-order valence-corrected chi connectivity index (χ2v) is 3.72. The number of primary amides is 1. The third-order valence-electron chi connectivity index (χ3n) is 2.82. The first-order chi connectivity index (χ1) is 6.77. The van der Waals surface area contributed by atoms with Crippen molar-refractivity contribution in [2.75, 3.05) is 18.0 Å². The molecule has 0 atom stereocenters. The van der Waals surface area contributed by atoms with E-state index in [2.05, 4.69) is 9.88 Å². The zero-order valence-electron chi connectivity index (χ0n) is 8.07. The van der Waals surface area contributed by atoms with E-state index in [9.17, 15) is 4.79 Å². The van der Waals surface area contributed by atoms with Gasteiger partial charge >= 0.3 is 0 Å². The van der Waals surface area contributed by atoms with Crippen LogP contribution in [0.3, 0.4) is 0 Å². The molecule has 3 N–H and O–H groups in total. The van der Waals surface area contributed by atoms with E-state index in [1.807, 2.05) is 18.3 Å². The lowest BCUT2D eigenvalue weighted by atomic mass is 9.96. The van der Waals surface area contributed by atoms with Crippen molar-refractivity contribution in [3.63, 3.8) is 0 Å². The average molecular weight is 193 g/mol. The summed E-state index contributed by atoms with van der Waals surface area (Å²) in [5, 5.41) is 0. The SMILES string of the molecule is NC(=O)C1CCN(c2ccc[nH]2)CC1. The van der Waals surface area contributed by atoms with Gasteiger partial charge in [0, 0.05) is 25.2 Å². The molecule has 0 spiro atoms. The predicted molar refractivity (Wildman–Crippen MR) is 54.9 cm³/mol. The standard InChI is InChI=1S/C10H15N3O/c11-10(14)8-3-6-13(7-4-8)9-2-1-5-12-9/h1-2,5,8,12H,3-4,6-7H2,(H2,11,14). The van der Waals surface area contributed by atoms with Crippen LogP contribution in [0.15, 0.2) is 18.3 Å². The second-order valence-electron chi connectivity index (χ2n) is 3.72. The normalized spacial score (nSPS) is 18.4. The highest BCUT2D eigenvalue weighted by Gasteiger charge is 2.23. The van der Waals surface area contributed by atoms with E-state index in [0.29, 0.717) is 0 Å². The van der Waals surface area contributed by atoms with E-state index in [1.165, 1.54) is 0 Å². The lowest BCUT2D eigenvalue weighted by molar-refractivity contribution is -0.122. The molecule has 1 amide bonds. The lowest BCUT2D eigenvalue weighted by Gasteiger charge is -2.31. The molecular formula is C10H15N3O. The fraction of sp³-hybridized carbons (Fsp3) is 0.500. The Labute approximate surface area is 83.1 Å². The summed E-state index contributed by atoms with van der Waals surface area (Å²) in [6.45, 7) is 1.82. The van der Waals surface area contributed by atoms with Gasteiger partial charge in [0.1, 0.15) is 5.82 Å². The van der Waals surface area contributed by atoms with Gasteiger partial charge in [-0.15, -0.1) is 0 Å². The summed E-state index contributed by atoms with van der Waals surface area (Å²) in [7, 11) is 0. The summed E-state index contributed by atoms with van der Waals surface area (Å²) >= 11 is 0. The average Bonchev–Trinajstić information content (AvgIpc) is 2.71. The number of carbonyl (C=O) groups is 1. The molecular weight excluding hydrogens is 178 g/mol. The van der Waals surface area contributed by atoms with Gasteiger partial charge in [-0.3, -0.25) is 4.79 Å². The first-order valence-corrected chi connectivity index (χ1v) is 4.95. The number of H-pyrrole nitrogens is 1. The van der Waals surface area contributed by atoms with Crippen LogP contribution in [0.5, 0.6) is 0 Å². The summed E-state index contributed by atoms with van der Waals surface area (Å²) < 4.78 is 0. The number of piperidine rings is 1. The van der Waals surface area contributed by atoms with E-state index < -0.39 is 0 Å². The molecule has 76 valence electrons. The first-order valence-electron chi connectivity index (χ1n) is 4.95. The number of nitrogens with two attached hydrogens (primary N) is 1. The maximum atomic E-state index is 10.9. The maximum absolute atomic E-state index is 10.9. The van der Waals surface area contributed by atoms with Crippen LogP contribution in [-0.4, -0.2) is 24.0 Å². The quantitative estimate of drug-likeness (QED) is 0.726. The van der Waals surface area contributed by atoms with E-state index in [0.717, 1.165) is 31.7 Å². The summed E-state index contributed by atoms with van der Waals surface area (Å²) in [5.74, 6) is 1.05. The fourth-order valence-electron chi connectivity index (χ4n) is 1.92. The minimum atomic E-state index is -0.156. The summed E-state index contributed by atoms with van der Waals surface area (Å²) in [6.07, 6.45) is 3.65. The number of aromatic nitrogens is 1. The number of hydrogen-bond donors (Lipinski definition) is 2. The maximum Gasteiger partial charge on any atom is 0.220 e. The molecule has 1 aromatic rings. The molecule has 0 radical (unpaired) electrons. The highest BCUT2D eigenvalue weighted by atomic mass is 16.1. The minimum Gasteiger partial charge on any atom is -0.369 e. The van der Waals surface area contributed by atoms with Gasteiger partial charge in [-0.1, -0.05) is 0 Å². The Kier molecular flexibility index (Phi) is 2.43. The van der Waals surface area contributed by atoms with Crippen LogP contribution in [0.1, 0.15) is 12.8 Å². The Hall–Kier alpha value is -1.45. The van der Waals surface area contributed by atoms with Gasteiger partial charge in [0.05, 0.1) is 0 Å². The van der Waals surface area contributed by atoms with Crippen molar-refractivity contribution in [2.45, 2.75) is 12.8 Å². The Balaban J connectivity index is 1.93. The number of amides is 1. The first kappa shape index (κ1) is 9.12. The Bertz CT molecular complexity index is 299. The van der Waals surface area contributed by atoms with Crippen molar-refractivity contribution in [3.8, 4) is 0 Å². The molecule has 1 saturated heterocycles. The number of anilines is 1. The Morgan fingerprint density at radius 2 is 2.21 bits per heavy atom. The zero-order chi connectivity index (χ0) is 9.97. The topological polar surface area (TPSA) is 62.1 Å². The molecule has 1 aromatic heterocycles. The van der Waals surface area contributed by atoms with Crippen LogP contribution in [0.4, 0.5) is 5.82 Å². The van der Waals surface area contributed by atoms with Crippen molar-refractivity contribution in [1.29, 1.82) is 0 Å². The van der Waals surface area contributed by atoms with E-state index in [4.69, 9.17) is 5.73 Å². The second kappa shape index (κ2) is 3.74. The summed E-state index contributed by atoms with van der Waals surface area (Å²) in [5.41, 5.74) is 5.27. The molecule has 1 aliphatic heterocycles. The van der Waals surface area contributed by atoms with Gasteiger partial charge in [-0.25, -0.2) is 0 Å². The molecule has 0 saturated carbocycles. The van der Waals surface area contributed by atoms with Crippen molar-refractivity contribution < 1.29 is 4.79 Å². The van der Waals surface area contributed by atoms with E-state index in [1.54, 1.807) is 0 Å². The van der Waals surface area contributed by atoms with Crippen molar-refractivity contribution >= 4 is 11.7 Å². The van der Waals surface area contributed by atoms with Gasteiger partial charge in [0.2, 0.25) is 5.91 Å². The largest absolute Gasteiger partial charge is 0.369 e. The van der Waals surface area contributed by atoms with Gasteiger partial charge < -0.3 is 15.6 Å². The third kappa shape index (κ3) is 1.73. The van der Waals surface area contributed by atoms with Crippen LogP contribution in [0.2, 0.25) is 0 Å². The number of nitrogens with one attached hydrogen (secondary N) is 1. The molecule has 0 aliphatic carbocycles. The van der Waals surface area contributed by atoms with Crippen LogP contribution >= 0.6 is 0 Å². The van der Waals surface area contributed by atoms with E-state index in [-0.39, 0.29) is 11.8 Å². The van der Waals surface area contributed by atoms with Gasteiger partial charge in [-0.05, 0) is 25.0 Å². The van der Waals surface area contributed by atoms with Gasteiger partial charge in [0.25, 0.3) is 0 Å². The number of carbonyl (C=O) groups excluding carboxylic acids is 1. The monoisotopic (exact) mass is 193 g/mol. The van der Waals surface area contributed by atoms with Gasteiger partial charge in [-0.2, -0.15) is 0 Å². The Morgan fingerprint density at radius 3 is 2.71 bits per heavy atom. The van der Waals surface area contributed by atoms with Crippen molar-refractivity contribution in [2.24, 2.45) is 11.7 Å². The number of aromatic amines is 1. The molecule has 1 aliphatic rings. The van der Waals surface area contributed by atoms with Crippen LogP contribution in [-0.2, 0) is 4.79 Å². The minimum absolute atomic E-state index is 0.0706. The van der Waals surface area contributed by atoms with Crippen LogP contribution < -0.4 is 10.6 Å². The predicted octanol–water partition coefficient (Wildman–Crippen LogP) is 0.716. The summed E-state index contributed by atoms with van der Waals surface area (Å²) in [6, 6.07) is 4.03. The molecule has 2 rings (SSSR count). The van der Waals surface area contributed by atoms with E-state index >= 15 is 0 Å². The molecule has 2 heterocycles.